The predicted octanol–water partition coefficient (Wildman–Crippen LogP) is 0.301. The van der Waals surface area contributed by atoms with Gasteiger partial charge in [0.25, 0.3) is 0 Å². The van der Waals surface area contributed by atoms with Crippen LogP contribution in [0.15, 0.2) is 0 Å². The maximum Gasteiger partial charge on any atom is 0.318 e. The average molecular weight is 224 g/mol. The van der Waals surface area contributed by atoms with E-state index in [0.717, 1.165) is 0 Å². The second kappa shape index (κ2) is 4.75. The quantitative estimate of drug-likeness (QED) is 0.726. The van der Waals surface area contributed by atoms with Crippen molar-refractivity contribution < 1.29 is 23.1 Å². The van der Waals surface area contributed by atoms with E-state index < -0.39 is 27.2 Å². The Hall–Kier alpha value is -0.620. The number of carboxylic acid groups (broad SMARTS) is 1. The van der Waals surface area contributed by atoms with Crippen LogP contribution in [0.25, 0.3) is 0 Å². The summed E-state index contributed by atoms with van der Waals surface area (Å²) in [6.07, 6.45) is 0. The lowest BCUT2D eigenvalue weighted by molar-refractivity contribution is -0.134. The minimum Gasteiger partial charge on any atom is -0.480 e. The molecule has 0 amide bonds. The van der Waals surface area contributed by atoms with Crippen LogP contribution in [0, 0.1) is 0 Å². The lowest BCUT2D eigenvalue weighted by Crippen LogP contribution is -2.26. The van der Waals surface area contributed by atoms with Crippen molar-refractivity contribution in [3.05, 3.63) is 0 Å². The summed E-state index contributed by atoms with van der Waals surface area (Å²) in [6.45, 7) is 5.43. The molecule has 14 heavy (non-hydrogen) atoms. The van der Waals surface area contributed by atoms with Gasteiger partial charge in [-0.25, -0.2) is 8.42 Å². The van der Waals surface area contributed by atoms with Gasteiger partial charge in [0.05, 0.1) is 18.0 Å². The van der Waals surface area contributed by atoms with Crippen molar-refractivity contribution in [2.75, 3.05) is 18.1 Å². The third-order valence-corrected chi connectivity index (χ3v) is 2.75. The van der Waals surface area contributed by atoms with Crippen LogP contribution in [-0.2, 0) is 19.4 Å². The Bertz CT molecular complexity index is 285. The van der Waals surface area contributed by atoms with Crippen LogP contribution < -0.4 is 0 Å². The zero-order valence-electron chi connectivity index (χ0n) is 8.61. The van der Waals surface area contributed by atoms with Crippen molar-refractivity contribution in [3.63, 3.8) is 0 Å². The van der Waals surface area contributed by atoms with E-state index in [0.29, 0.717) is 0 Å². The molecule has 0 aromatic heterocycles. The SMILES string of the molecule is CC(C)(C)OCCS(=O)(=O)CC(=O)O. The summed E-state index contributed by atoms with van der Waals surface area (Å²) >= 11 is 0. The first-order chi connectivity index (χ1) is 6.12. The lowest BCUT2D eigenvalue weighted by atomic mass is 10.2. The van der Waals surface area contributed by atoms with E-state index in [4.69, 9.17) is 9.84 Å². The van der Waals surface area contributed by atoms with Crippen molar-refractivity contribution in [2.45, 2.75) is 26.4 Å². The van der Waals surface area contributed by atoms with E-state index >= 15 is 0 Å². The Morgan fingerprint density at radius 1 is 1.36 bits per heavy atom. The number of ether oxygens (including phenoxy) is 1. The molecule has 0 bridgehead atoms. The molecule has 0 atom stereocenters. The number of carbonyl (C=O) groups is 1. The topological polar surface area (TPSA) is 80.7 Å². The van der Waals surface area contributed by atoms with Gasteiger partial charge < -0.3 is 9.84 Å². The zero-order chi connectivity index (χ0) is 11.4. The van der Waals surface area contributed by atoms with Gasteiger partial charge in [-0.1, -0.05) is 0 Å². The first-order valence-electron chi connectivity index (χ1n) is 4.18. The summed E-state index contributed by atoms with van der Waals surface area (Å²) in [5, 5.41) is 8.29. The van der Waals surface area contributed by atoms with Crippen molar-refractivity contribution in [1.82, 2.24) is 0 Å². The van der Waals surface area contributed by atoms with Crippen LogP contribution in [0.5, 0.6) is 0 Å². The zero-order valence-corrected chi connectivity index (χ0v) is 9.43. The fourth-order valence-corrected chi connectivity index (χ4v) is 1.59. The van der Waals surface area contributed by atoms with E-state index in [-0.39, 0.29) is 12.4 Å². The molecule has 0 radical (unpaired) electrons. The Morgan fingerprint density at radius 3 is 2.21 bits per heavy atom. The molecular weight excluding hydrogens is 208 g/mol. The van der Waals surface area contributed by atoms with Gasteiger partial charge in [-0.3, -0.25) is 4.79 Å². The molecule has 0 spiro atoms. The number of hydrogen-bond donors (Lipinski definition) is 1. The second-order valence-electron chi connectivity index (χ2n) is 3.95. The van der Waals surface area contributed by atoms with E-state index in [9.17, 15) is 13.2 Å². The Kier molecular flexibility index (Phi) is 4.54. The second-order valence-corrected chi connectivity index (χ2v) is 6.13. The van der Waals surface area contributed by atoms with Crippen LogP contribution >= 0.6 is 0 Å². The van der Waals surface area contributed by atoms with Crippen LogP contribution in [0.3, 0.4) is 0 Å². The molecular formula is C8H16O5S. The highest BCUT2D eigenvalue weighted by atomic mass is 32.2. The average Bonchev–Trinajstić information content (AvgIpc) is 1.78. The van der Waals surface area contributed by atoms with Crippen LogP contribution in [0.2, 0.25) is 0 Å². The Labute approximate surface area is 84.0 Å². The van der Waals surface area contributed by atoms with Gasteiger partial charge in [0.15, 0.2) is 9.84 Å². The predicted molar refractivity (Wildman–Crippen MR) is 52.0 cm³/mol. The van der Waals surface area contributed by atoms with E-state index in [1.54, 1.807) is 20.8 Å². The van der Waals surface area contributed by atoms with Gasteiger partial charge in [0, 0.05) is 0 Å². The first kappa shape index (κ1) is 13.4. The van der Waals surface area contributed by atoms with Crippen molar-refractivity contribution >= 4 is 15.8 Å². The van der Waals surface area contributed by atoms with Gasteiger partial charge in [0.1, 0.15) is 5.75 Å². The van der Waals surface area contributed by atoms with E-state index in [2.05, 4.69) is 0 Å². The van der Waals surface area contributed by atoms with Gasteiger partial charge in [0.2, 0.25) is 0 Å². The fraction of sp³-hybridized carbons (Fsp3) is 0.875. The third-order valence-electron chi connectivity index (χ3n) is 1.27. The fourth-order valence-electron chi connectivity index (χ4n) is 0.735. The number of sulfone groups is 1. The number of rotatable bonds is 5. The van der Waals surface area contributed by atoms with E-state index in [1.165, 1.54) is 0 Å². The molecule has 5 nitrogen and oxygen atoms in total. The first-order valence-corrected chi connectivity index (χ1v) is 6.01. The Balaban J connectivity index is 3.96. The molecule has 0 unspecified atom stereocenters. The molecule has 0 rings (SSSR count). The Morgan fingerprint density at radius 2 is 1.86 bits per heavy atom. The standard InChI is InChI=1S/C8H16O5S/c1-8(2,3)13-4-5-14(11,12)6-7(9)10/h4-6H2,1-3H3,(H,9,10). The molecule has 0 saturated heterocycles. The summed E-state index contributed by atoms with van der Waals surface area (Å²) in [5.74, 6) is -2.42. The van der Waals surface area contributed by atoms with Gasteiger partial charge in [-0.05, 0) is 20.8 Å². The van der Waals surface area contributed by atoms with Crippen molar-refractivity contribution in [3.8, 4) is 0 Å². The number of aliphatic carboxylic acids is 1. The number of carboxylic acids is 1. The summed E-state index contributed by atoms with van der Waals surface area (Å²) in [5.41, 5.74) is -0.404. The molecule has 6 heteroatoms. The number of hydrogen-bond acceptors (Lipinski definition) is 4. The summed E-state index contributed by atoms with van der Waals surface area (Å²) in [4.78, 5) is 10.2. The normalized spacial score (nSPS) is 12.8. The van der Waals surface area contributed by atoms with Crippen LogP contribution in [-0.4, -0.2) is 43.2 Å². The molecule has 84 valence electrons. The molecule has 0 aliphatic carbocycles. The summed E-state index contributed by atoms with van der Waals surface area (Å²) < 4.78 is 27.3. The molecule has 0 aliphatic heterocycles. The largest absolute Gasteiger partial charge is 0.480 e. The van der Waals surface area contributed by atoms with Crippen LogP contribution in [0.1, 0.15) is 20.8 Å². The molecule has 0 fully saturated rings. The highest BCUT2D eigenvalue weighted by molar-refractivity contribution is 7.92. The molecule has 0 aromatic carbocycles. The molecule has 0 saturated carbocycles. The maximum absolute atomic E-state index is 11.1. The van der Waals surface area contributed by atoms with Crippen molar-refractivity contribution in [2.24, 2.45) is 0 Å². The third kappa shape index (κ3) is 8.00. The molecule has 0 aliphatic rings. The molecule has 0 aromatic rings. The summed E-state index contributed by atoms with van der Waals surface area (Å²) in [6, 6.07) is 0. The van der Waals surface area contributed by atoms with E-state index in [1.807, 2.05) is 0 Å². The molecule has 0 heterocycles. The maximum atomic E-state index is 11.1. The van der Waals surface area contributed by atoms with Gasteiger partial charge >= 0.3 is 5.97 Å². The highest BCUT2D eigenvalue weighted by Gasteiger charge is 2.17. The lowest BCUT2D eigenvalue weighted by Gasteiger charge is -2.19. The van der Waals surface area contributed by atoms with Crippen molar-refractivity contribution in [1.29, 1.82) is 0 Å². The summed E-state index contributed by atoms with van der Waals surface area (Å²) in [7, 11) is -3.53. The van der Waals surface area contributed by atoms with Crippen LogP contribution in [0.4, 0.5) is 0 Å². The highest BCUT2D eigenvalue weighted by Crippen LogP contribution is 2.06. The minimum atomic E-state index is -3.53. The van der Waals surface area contributed by atoms with Gasteiger partial charge in [-0.2, -0.15) is 0 Å². The monoisotopic (exact) mass is 224 g/mol. The van der Waals surface area contributed by atoms with Gasteiger partial charge in [-0.15, -0.1) is 0 Å². The smallest absolute Gasteiger partial charge is 0.318 e. The minimum absolute atomic E-state index is 0.0269. The molecule has 1 N–H and O–H groups in total.